The van der Waals surface area contributed by atoms with Gasteiger partial charge in [0, 0.05) is 11.8 Å². The molecule has 2 nitrogen and oxygen atoms in total. The maximum atomic E-state index is 8.96. The molecule has 78 valence electrons. The second-order valence-electron chi connectivity index (χ2n) is 3.60. The van der Waals surface area contributed by atoms with Crippen molar-refractivity contribution in [1.82, 2.24) is 4.98 Å². The zero-order chi connectivity index (χ0) is 11.4. The molecular formula is C14H12N2. The average molecular weight is 208 g/mol. The fraction of sp³-hybridized carbons (Fsp3) is 0.143. The molecule has 0 bridgehead atoms. The van der Waals surface area contributed by atoms with Crippen molar-refractivity contribution in [3.63, 3.8) is 0 Å². The zero-order valence-corrected chi connectivity index (χ0v) is 9.14. The summed E-state index contributed by atoms with van der Waals surface area (Å²) in [5.74, 6) is 0. The fourth-order valence-electron chi connectivity index (χ4n) is 1.64. The Bertz CT molecular complexity index is 524. The molecular weight excluding hydrogens is 196 g/mol. The smallest absolute Gasteiger partial charge is 0.0991 e. The Balaban J connectivity index is 2.54. The van der Waals surface area contributed by atoms with Gasteiger partial charge in [0.25, 0.3) is 0 Å². The molecule has 2 aromatic rings. The molecule has 0 saturated heterocycles. The molecule has 0 atom stereocenters. The van der Waals surface area contributed by atoms with Gasteiger partial charge in [0.1, 0.15) is 0 Å². The maximum absolute atomic E-state index is 8.96. The molecule has 16 heavy (non-hydrogen) atoms. The number of aryl methyl sites for hydroxylation is 1. The molecule has 0 aliphatic rings. The van der Waals surface area contributed by atoms with E-state index in [-0.39, 0.29) is 0 Å². The van der Waals surface area contributed by atoms with Gasteiger partial charge in [-0.05, 0) is 42.3 Å². The van der Waals surface area contributed by atoms with Gasteiger partial charge in [-0.3, -0.25) is 4.98 Å². The van der Waals surface area contributed by atoms with Crippen LogP contribution in [0.25, 0.3) is 11.3 Å². The van der Waals surface area contributed by atoms with Crippen LogP contribution in [-0.2, 0) is 6.42 Å². The van der Waals surface area contributed by atoms with Crippen molar-refractivity contribution >= 4 is 0 Å². The van der Waals surface area contributed by atoms with Crippen LogP contribution in [0.5, 0.6) is 0 Å². The summed E-state index contributed by atoms with van der Waals surface area (Å²) in [7, 11) is 0. The van der Waals surface area contributed by atoms with Crippen LogP contribution < -0.4 is 0 Å². The Labute approximate surface area is 95.2 Å². The second kappa shape index (κ2) is 4.59. The summed E-state index contributed by atoms with van der Waals surface area (Å²) in [4.78, 5) is 4.29. The Kier molecular flexibility index (Phi) is 2.98. The topological polar surface area (TPSA) is 36.7 Å². The van der Waals surface area contributed by atoms with Crippen LogP contribution in [0.4, 0.5) is 0 Å². The molecule has 0 amide bonds. The van der Waals surface area contributed by atoms with Crippen LogP contribution in [0.2, 0.25) is 0 Å². The largest absolute Gasteiger partial charge is 0.256 e. The number of pyridine rings is 1. The standard InChI is InChI=1S/C14H12N2/c1-2-11-7-12(10-15)9-13(8-11)14-5-3-4-6-16-14/h3-9H,2H2,1H3. The lowest BCUT2D eigenvalue weighted by Crippen LogP contribution is -1.88. The number of nitriles is 1. The Morgan fingerprint density at radius 3 is 2.75 bits per heavy atom. The normalized spacial score (nSPS) is 9.75. The van der Waals surface area contributed by atoms with E-state index >= 15 is 0 Å². The average Bonchev–Trinajstić information content (AvgIpc) is 2.39. The van der Waals surface area contributed by atoms with Gasteiger partial charge in [0.2, 0.25) is 0 Å². The number of nitrogens with zero attached hydrogens (tertiary/aromatic N) is 2. The molecule has 0 saturated carbocycles. The van der Waals surface area contributed by atoms with Crippen molar-refractivity contribution in [2.45, 2.75) is 13.3 Å². The molecule has 2 rings (SSSR count). The van der Waals surface area contributed by atoms with Crippen LogP contribution in [0, 0.1) is 11.3 Å². The van der Waals surface area contributed by atoms with Gasteiger partial charge >= 0.3 is 0 Å². The summed E-state index contributed by atoms with van der Waals surface area (Å²) in [6, 6.07) is 13.9. The number of hydrogen-bond acceptors (Lipinski definition) is 2. The SMILES string of the molecule is CCc1cc(C#N)cc(-c2ccccn2)c1. The quantitative estimate of drug-likeness (QED) is 0.760. The molecule has 0 aliphatic heterocycles. The Hall–Kier alpha value is -2.14. The highest BCUT2D eigenvalue weighted by Gasteiger charge is 2.02. The number of aromatic nitrogens is 1. The van der Waals surface area contributed by atoms with Gasteiger partial charge in [-0.25, -0.2) is 0 Å². The summed E-state index contributed by atoms with van der Waals surface area (Å²) >= 11 is 0. The van der Waals surface area contributed by atoms with Crippen LogP contribution in [0.1, 0.15) is 18.1 Å². The van der Waals surface area contributed by atoms with Crippen molar-refractivity contribution in [2.75, 3.05) is 0 Å². The molecule has 0 fully saturated rings. The maximum Gasteiger partial charge on any atom is 0.0991 e. The van der Waals surface area contributed by atoms with E-state index in [1.165, 1.54) is 5.56 Å². The first kappa shape index (κ1) is 10.4. The molecule has 1 aromatic carbocycles. The summed E-state index contributed by atoms with van der Waals surface area (Å²) in [5, 5.41) is 8.96. The molecule has 0 spiro atoms. The van der Waals surface area contributed by atoms with Gasteiger partial charge in [0.15, 0.2) is 0 Å². The lowest BCUT2D eigenvalue weighted by molar-refractivity contribution is 1.14. The van der Waals surface area contributed by atoms with Crippen LogP contribution >= 0.6 is 0 Å². The first-order valence-corrected chi connectivity index (χ1v) is 5.29. The number of rotatable bonds is 2. The summed E-state index contributed by atoms with van der Waals surface area (Å²) in [5.41, 5.74) is 3.78. The van der Waals surface area contributed by atoms with E-state index in [0.29, 0.717) is 5.56 Å². The minimum Gasteiger partial charge on any atom is -0.256 e. The van der Waals surface area contributed by atoms with Gasteiger partial charge in [-0.2, -0.15) is 5.26 Å². The minimum absolute atomic E-state index is 0.694. The van der Waals surface area contributed by atoms with Crippen LogP contribution in [0.15, 0.2) is 42.6 Å². The fourth-order valence-corrected chi connectivity index (χ4v) is 1.64. The van der Waals surface area contributed by atoms with Crippen molar-refractivity contribution in [2.24, 2.45) is 0 Å². The highest BCUT2D eigenvalue weighted by Crippen LogP contribution is 2.20. The molecule has 0 aliphatic carbocycles. The molecule has 0 N–H and O–H groups in total. The van der Waals surface area contributed by atoms with Crippen LogP contribution in [-0.4, -0.2) is 4.98 Å². The third kappa shape index (κ3) is 2.09. The number of hydrogen-bond donors (Lipinski definition) is 0. The van der Waals surface area contributed by atoms with Crippen molar-refractivity contribution in [3.8, 4) is 17.3 Å². The summed E-state index contributed by atoms with van der Waals surface area (Å²) in [6.45, 7) is 2.08. The third-order valence-corrected chi connectivity index (χ3v) is 2.49. The predicted molar refractivity (Wildman–Crippen MR) is 63.8 cm³/mol. The van der Waals surface area contributed by atoms with Gasteiger partial charge in [-0.1, -0.05) is 13.0 Å². The highest BCUT2D eigenvalue weighted by molar-refractivity contribution is 5.62. The Morgan fingerprint density at radius 2 is 2.12 bits per heavy atom. The third-order valence-electron chi connectivity index (χ3n) is 2.49. The van der Waals surface area contributed by atoms with Crippen molar-refractivity contribution in [1.29, 1.82) is 5.26 Å². The molecule has 1 heterocycles. The van der Waals surface area contributed by atoms with E-state index in [4.69, 9.17) is 5.26 Å². The van der Waals surface area contributed by atoms with Gasteiger partial charge in [0.05, 0.1) is 17.3 Å². The molecule has 2 heteroatoms. The van der Waals surface area contributed by atoms with Crippen molar-refractivity contribution < 1.29 is 0 Å². The van der Waals surface area contributed by atoms with E-state index in [9.17, 15) is 0 Å². The molecule has 0 unspecified atom stereocenters. The van der Waals surface area contributed by atoms with E-state index in [2.05, 4.69) is 24.0 Å². The summed E-state index contributed by atoms with van der Waals surface area (Å²) < 4.78 is 0. The van der Waals surface area contributed by atoms with E-state index in [0.717, 1.165) is 17.7 Å². The second-order valence-corrected chi connectivity index (χ2v) is 3.60. The monoisotopic (exact) mass is 208 g/mol. The molecule has 1 aromatic heterocycles. The van der Waals surface area contributed by atoms with Gasteiger partial charge < -0.3 is 0 Å². The first-order valence-electron chi connectivity index (χ1n) is 5.29. The van der Waals surface area contributed by atoms with Crippen LogP contribution in [0.3, 0.4) is 0 Å². The number of benzene rings is 1. The predicted octanol–water partition coefficient (Wildman–Crippen LogP) is 3.18. The zero-order valence-electron chi connectivity index (χ0n) is 9.14. The minimum atomic E-state index is 0.694. The summed E-state index contributed by atoms with van der Waals surface area (Å²) in [6.07, 6.45) is 2.69. The van der Waals surface area contributed by atoms with E-state index < -0.39 is 0 Å². The first-order chi connectivity index (χ1) is 7.83. The Morgan fingerprint density at radius 1 is 1.25 bits per heavy atom. The lowest BCUT2D eigenvalue weighted by Gasteiger charge is -2.04. The van der Waals surface area contributed by atoms with Gasteiger partial charge in [-0.15, -0.1) is 0 Å². The van der Waals surface area contributed by atoms with E-state index in [1.54, 1.807) is 6.20 Å². The highest BCUT2D eigenvalue weighted by atomic mass is 14.7. The van der Waals surface area contributed by atoms with E-state index in [1.807, 2.05) is 30.3 Å². The lowest BCUT2D eigenvalue weighted by atomic mass is 10.0. The molecule has 0 radical (unpaired) electrons. The van der Waals surface area contributed by atoms with Crippen molar-refractivity contribution in [3.05, 3.63) is 53.7 Å².